The zero-order chi connectivity index (χ0) is 13.0. The summed E-state index contributed by atoms with van der Waals surface area (Å²) in [6.07, 6.45) is 2.13. The van der Waals surface area contributed by atoms with Gasteiger partial charge in [0.2, 0.25) is 11.8 Å². The van der Waals surface area contributed by atoms with Crippen LogP contribution in [0.1, 0.15) is 26.2 Å². The number of likely N-dealkylation sites (tertiary alicyclic amines) is 1. The smallest absolute Gasteiger partial charge is 0.326 e. The van der Waals surface area contributed by atoms with E-state index in [4.69, 9.17) is 5.11 Å². The molecule has 1 rings (SSSR count). The Bertz CT molecular complexity index is 329. The molecule has 1 heterocycles. The highest BCUT2D eigenvalue weighted by molar-refractivity contribution is 5.87. The van der Waals surface area contributed by atoms with Gasteiger partial charge in [-0.1, -0.05) is 0 Å². The van der Waals surface area contributed by atoms with Crippen LogP contribution in [0.15, 0.2) is 0 Å². The van der Waals surface area contributed by atoms with Crippen LogP contribution in [0.4, 0.5) is 0 Å². The van der Waals surface area contributed by atoms with Gasteiger partial charge in [-0.25, -0.2) is 4.79 Å². The average Bonchev–Trinajstić information content (AvgIpc) is 2.28. The molecule has 0 aromatic rings. The summed E-state index contributed by atoms with van der Waals surface area (Å²) < 4.78 is 0. The first-order valence-electron chi connectivity index (χ1n) is 5.67. The van der Waals surface area contributed by atoms with Crippen molar-refractivity contribution >= 4 is 17.8 Å². The molecule has 1 aliphatic heterocycles. The minimum Gasteiger partial charge on any atom is -0.480 e. The lowest BCUT2D eigenvalue weighted by molar-refractivity contribution is -0.153. The maximum atomic E-state index is 11.9. The van der Waals surface area contributed by atoms with Crippen molar-refractivity contribution in [2.75, 3.05) is 20.1 Å². The first-order chi connectivity index (χ1) is 7.93. The number of amides is 2. The van der Waals surface area contributed by atoms with Gasteiger partial charge in [0.25, 0.3) is 0 Å². The molecule has 1 atom stereocenters. The lowest BCUT2D eigenvalue weighted by atomic mass is 10.0. The quantitative estimate of drug-likeness (QED) is 0.751. The second-order valence-electron chi connectivity index (χ2n) is 4.31. The van der Waals surface area contributed by atoms with Crippen LogP contribution in [-0.2, 0) is 14.4 Å². The molecule has 96 valence electrons. The minimum atomic E-state index is -0.969. The molecule has 1 N–H and O–H groups in total. The van der Waals surface area contributed by atoms with Gasteiger partial charge in [-0.05, 0) is 19.3 Å². The van der Waals surface area contributed by atoms with Crippen LogP contribution in [0.2, 0.25) is 0 Å². The molecule has 6 nitrogen and oxygen atoms in total. The molecule has 0 aromatic heterocycles. The Hall–Kier alpha value is -1.59. The molecule has 0 aliphatic carbocycles. The highest BCUT2D eigenvalue weighted by atomic mass is 16.4. The second kappa shape index (κ2) is 5.65. The van der Waals surface area contributed by atoms with Gasteiger partial charge in [0.05, 0.1) is 6.54 Å². The molecule has 0 saturated carbocycles. The van der Waals surface area contributed by atoms with Gasteiger partial charge >= 0.3 is 5.97 Å². The molecule has 0 bridgehead atoms. The Morgan fingerprint density at radius 2 is 2.00 bits per heavy atom. The van der Waals surface area contributed by atoms with Crippen LogP contribution < -0.4 is 0 Å². The fraction of sp³-hybridized carbons (Fsp3) is 0.727. The predicted octanol–water partition coefficient (Wildman–Crippen LogP) is -0.0696. The number of hydrogen-bond acceptors (Lipinski definition) is 3. The largest absolute Gasteiger partial charge is 0.480 e. The molecular weight excluding hydrogens is 224 g/mol. The van der Waals surface area contributed by atoms with Crippen LogP contribution in [0.3, 0.4) is 0 Å². The van der Waals surface area contributed by atoms with Gasteiger partial charge in [-0.2, -0.15) is 0 Å². The molecule has 2 amide bonds. The summed E-state index contributed by atoms with van der Waals surface area (Å²) in [6.45, 7) is 1.78. The fourth-order valence-corrected chi connectivity index (χ4v) is 1.89. The lowest BCUT2D eigenvalue weighted by Gasteiger charge is -2.33. The van der Waals surface area contributed by atoms with Crippen molar-refractivity contribution in [1.82, 2.24) is 9.80 Å². The van der Waals surface area contributed by atoms with Crippen LogP contribution in [0.5, 0.6) is 0 Å². The molecule has 0 spiro atoms. The molecule has 0 aromatic carbocycles. The second-order valence-corrected chi connectivity index (χ2v) is 4.31. The van der Waals surface area contributed by atoms with E-state index in [1.54, 1.807) is 0 Å². The normalized spacial score (nSPS) is 19.9. The summed E-state index contributed by atoms with van der Waals surface area (Å²) in [4.78, 5) is 36.6. The van der Waals surface area contributed by atoms with E-state index in [0.29, 0.717) is 13.0 Å². The van der Waals surface area contributed by atoms with Crippen molar-refractivity contribution in [1.29, 1.82) is 0 Å². The number of carbonyl (C=O) groups is 3. The van der Waals surface area contributed by atoms with Gasteiger partial charge in [0, 0.05) is 20.5 Å². The van der Waals surface area contributed by atoms with E-state index in [-0.39, 0.29) is 18.4 Å². The van der Waals surface area contributed by atoms with Crippen molar-refractivity contribution in [2.45, 2.75) is 32.2 Å². The number of aliphatic carboxylic acids is 1. The molecule has 0 radical (unpaired) electrons. The van der Waals surface area contributed by atoms with E-state index in [2.05, 4.69) is 0 Å². The Morgan fingerprint density at radius 3 is 2.53 bits per heavy atom. The zero-order valence-corrected chi connectivity index (χ0v) is 10.2. The summed E-state index contributed by atoms with van der Waals surface area (Å²) in [5.41, 5.74) is 0. The third kappa shape index (κ3) is 3.44. The number of hydrogen-bond donors (Lipinski definition) is 1. The summed E-state index contributed by atoms with van der Waals surface area (Å²) in [7, 11) is 1.53. The summed E-state index contributed by atoms with van der Waals surface area (Å²) >= 11 is 0. The van der Waals surface area contributed by atoms with Crippen LogP contribution in [0.25, 0.3) is 0 Å². The van der Waals surface area contributed by atoms with E-state index >= 15 is 0 Å². The van der Waals surface area contributed by atoms with Crippen molar-refractivity contribution in [3.05, 3.63) is 0 Å². The van der Waals surface area contributed by atoms with Crippen molar-refractivity contribution < 1.29 is 19.5 Å². The van der Waals surface area contributed by atoms with Gasteiger partial charge in [-0.15, -0.1) is 0 Å². The molecule has 1 unspecified atom stereocenters. The Morgan fingerprint density at radius 1 is 1.35 bits per heavy atom. The fourth-order valence-electron chi connectivity index (χ4n) is 1.89. The number of likely N-dealkylation sites (N-methyl/N-ethyl adjacent to an activating group) is 1. The Balaban J connectivity index is 2.65. The molecule has 1 aliphatic rings. The summed E-state index contributed by atoms with van der Waals surface area (Å²) in [5.74, 6) is -1.47. The van der Waals surface area contributed by atoms with E-state index in [1.807, 2.05) is 0 Å². The van der Waals surface area contributed by atoms with Gasteiger partial charge in [0.15, 0.2) is 0 Å². The number of carboxylic acids is 1. The SMILES string of the molecule is CC(=O)N(C)CC(=O)N1CCCCC1C(=O)O. The third-order valence-corrected chi connectivity index (χ3v) is 3.02. The summed E-state index contributed by atoms with van der Waals surface area (Å²) in [6, 6.07) is -0.739. The molecule has 1 saturated heterocycles. The standard InChI is InChI=1S/C11H18N2O4/c1-8(14)12(2)7-10(15)13-6-4-3-5-9(13)11(16)17/h9H,3-7H2,1-2H3,(H,16,17). The molecule has 1 fully saturated rings. The maximum absolute atomic E-state index is 11.9. The number of piperidine rings is 1. The van der Waals surface area contributed by atoms with Gasteiger partial charge in [-0.3, -0.25) is 9.59 Å². The Labute approximate surface area is 100 Å². The monoisotopic (exact) mass is 242 g/mol. The zero-order valence-electron chi connectivity index (χ0n) is 10.2. The van der Waals surface area contributed by atoms with Crippen molar-refractivity contribution in [2.24, 2.45) is 0 Å². The first-order valence-corrected chi connectivity index (χ1v) is 5.67. The molecule has 17 heavy (non-hydrogen) atoms. The highest BCUT2D eigenvalue weighted by Crippen LogP contribution is 2.17. The van der Waals surface area contributed by atoms with Crippen LogP contribution in [-0.4, -0.2) is 58.9 Å². The van der Waals surface area contributed by atoms with Crippen molar-refractivity contribution in [3.63, 3.8) is 0 Å². The lowest BCUT2D eigenvalue weighted by Crippen LogP contribution is -2.51. The molecular formula is C11H18N2O4. The minimum absolute atomic E-state index is 0.0564. The maximum Gasteiger partial charge on any atom is 0.326 e. The topological polar surface area (TPSA) is 77.9 Å². The van der Waals surface area contributed by atoms with Crippen molar-refractivity contribution in [3.8, 4) is 0 Å². The van der Waals surface area contributed by atoms with E-state index in [9.17, 15) is 14.4 Å². The number of rotatable bonds is 3. The van der Waals surface area contributed by atoms with E-state index < -0.39 is 12.0 Å². The van der Waals surface area contributed by atoms with Crippen LogP contribution in [0, 0.1) is 0 Å². The third-order valence-electron chi connectivity index (χ3n) is 3.02. The van der Waals surface area contributed by atoms with Gasteiger partial charge in [0.1, 0.15) is 6.04 Å². The Kier molecular flexibility index (Phi) is 4.48. The number of carboxylic acid groups (broad SMARTS) is 1. The van der Waals surface area contributed by atoms with E-state index in [0.717, 1.165) is 12.8 Å². The average molecular weight is 242 g/mol. The van der Waals surface area contributed by atoms with Gasteiger partial charge < -0.3 is 14.9 Å². The summed E-state index contributed by atoms with van der Waals surface area (Å²) in [5, 5.41) is 9.03. The number of nitrogens with zero attached hydrogens (tertiary/aromatic N) is 2. The predicted molar refractivity (Wildman–Crippen MR) is 60.3 cm³/mol. The molecule has 6 heteroatoms. The highest BCUT2D eigenvalue weighted by Gasteiger charge is 2.32. The first kappa shape index (κ1) is 13.5. The number of carbonyl (C=O) groups excluding carboxylic acids is 2. The van der Waals surface area contributed by atoms with E-state index in [1.165, 1.54) is 23.8 Å². The van der Waals surface area contributed by atoms with Crippen LogP contribution >= 0.6 is 0 Å².